The second-order valence-corrected chi connectivity index (χ2v) is 5.75. The summed E-state index contributed by atoms with van der Waals surface area (Å²) < 4.78 is 3.17. The second kappa shape index (κ2) is 5.75. The quantitative estimate of drug-likeness (QED) is 0.730. The SMILES string of the molecule is O=c1cc(C2CCC2)ncn1Cc1nnnn1-c1ccccc1. The van der Waals surface area contributed by atoms with Gasteiger partial charge < -0.3 is 0 Å². The highest BCUT2D eigenvalue weighted by Gasteiger charge is 2.21. The molecule has 116 valence electrons. The van der Waals surface area contributed by atoms with Crippen molar-refractivity contribution in [1.29, 1.82) is 0 Å². The van der Waals surface area contributed by atoms with E-state index in [1.807, 2.05) is 30.3 Å². The van der Waals surface area contributed by atoms with Gasteiger partial charge in [-0.1, -0.05) is 24.6 Å². The summed E-state index contributed by atoms with van der Waals surface area (Å²) in [6.45, 7) is 0.290. The average Bonchev–Trinajstić information content (AvgIpc) is 2.97. The van der Waals surface area contributed by atoms with Crippen molar-refractivity contribution in [1.82, 2.24) is 29.8 Å². The fourth-order valence-electron chi connectivity index (χ4n) is 2.71. The number of benzene rings is 1. The van der Waals surface area contributed by atoms with Crippen LogP contribution in [0, 0.1) is 0 Å². The van der Waals surface area contributed by atoms with Crippen LogP contribution in [0.25, 0.3) is 5.69 Å². The maximum atomic E-state index is 12.3. The molecule has 1 fully saturated rings. The Bertz CT molecular complexity index is 866. The van der Waals surface area contributed by atoms with Crippen molar-refractivity contribution >= 4 is 0 Å². The number of tetrazole rings is 1. The van der Waals surface area contributed by atoms with Crippen LogP contribution in [0.15, 0.2) is 47.5 Å². The zero-order valence-corrected chi connectivity index (χ0v) is 12.5. The van der Waals surface area contributed by atoms with Crippen LogP contribution < -0.4 is 5.56 Å². The lowest BCUT2D eigenvalue weighted by molar-refractivity contribution is 0.408. The van der Waals surface area contributed by atoms with Crippen LogP contribution in [-0.4, -0.2) is 29.8 Å². The predicted molar refractivity (Wildman–Crippen MR) is 83.3 cm³/mol. The molecule has 1 aromatic carbocycles. The molecular formula is C16H16N6O. The Morgan fingerprint density at radius 2 is 2.00 bits per heavy atom. The normalized spacial score (nSPS) is 14.6. The molecule has 2 heterocycles. The summed E-state index contributed by atoms with van der Waals surface area (Å²) in [6, 6.07) is 11.2. The van der Waals surface area contributed by atoms with Gasteiger partial charge in [-0.15, -0.1) is 5.10 Å². The molecular weight excluding hydrogens is 292 g/mol. The van der Waals surface area contributed by atoms with Gasteiger partial charge in [0, 0.05) is 12.0 Å². The lowest BCUT2D eigenvalue weighted by Crippen LogP contribution is -2.24. The van der Waals surface area contributed by atoms with Crippen LogP contribution in [0.4, 0.5) is 0 Å². The minimum atomic E-state index is -0.0653. The third-order valence-electron chi connectivity index (χ3n) is 4.27. The summed E-state index contributed by atoms with van der Waals surface area (Å²) >= 11 is 0. The minimum Gasteiger partial charge on any atom is -0.291 e. The van der Waals surface area contributed by atoms with Crippen molar-refractivity contribution in [2.24, 2.45) is 0 Å². The largest absolute Gasteiger partial charge is 0.291 e. The molecule has 2 aromatic heterocycles. The summed E-state index contributed by atoms with van der Waals surface area (Å²) in [7, 11) is 0. The van der Waals surface area contributed by atoms with E-state index in [4.69, 9.17) is 0 Å². The Morgan fingerprint density at radius 3 is 2.70 bits per heavy atom. The van der Waals surface area contributed by atoms with E-state index in [2.05, 4.69) is 20.5 Å². The van der Waals surface area contributed by atoms with Gasteiger partial charge in [0.1, 0.15) is 0 Å². The smallest absolute Gasteiger partial charge is 0.253 e. The molecule has 0 amide bonds. The molecule has 7 heteroatoms. The molecule has 1 aliphatic carbocycles. The van der Waals surface area contributed by atoms with Crippen molar-refractivity contribution in [3.63, 3.8) is 0 Å². The topological polar surface area (TPSA) is 78.5 Å². The molecule has 0 atom stereocenters. The third-order valence-corrected chi connectivity index (χ3v) is 4.27. The van der Waals surface area contributed by atoms with Gasteiger partial charge in [0.2, 0.25) is 0 Å². The molecule has 0 aliphatic heterocycles. The maximum absolute atomic E-state index is 12.3. The summed E-state index contributed by atoms with van der Waals surface area (Å²) in [5.41, 5.74) is 1.70. The van der Waals surface area contributed by atoms with Gasteiger partial charge in [0.25, 0.3) is 5.56 Å². The van der Waals surface area contributed by atoms with E-state index < -0.39 is 0 Å². The highest BCUT2D eigenvalue weighted by molar-refractivity contribution is 5.30. The Kier molecular flexibility index (Phi) is 3.45. The first-order valence-electron chi connectivity index (χ1n) is 7.70. The Hall–Kier alpha value is -2.83. The first-order valence-corrected chi connectivity index (χ1v) is 7.70. The third kappa shape index (κ3) is 2.65. The molecule has 7 nitrogen and oxygen atoms in total. The van der Waals surface area contributed by atoms with Crippen LogP contribution in [-0.2, 0) is 6.54 Å². The molecule has 1 aliphatic rings. The highest BCUT2D eigenvalue weighted by Crippen LogP contribution is 2.34. The fourth-order valence-corrected chi connectivity index (χ4v) is 2.71. The first-order chi connectivity index (χ1) is 11.3. The molecule has 0 saturated heterocycles. The first kappa shape index (κ1) is 13.8. The van der Waals surface area contributed by atoms with Gasteiger partial charge in [0.05, 0.1) is 24.3 Å². The van der Waals surface area contributed by atoms with Crippen LogP contribution >= 0.6 is 0 Å². The Labute approximate surface area is 132 Å². The van der Waals surface area contributed by atoms with Gasteiger partial charge in [-0.25, -0.2) is 4.98 Å². The highest BCUT2D eigenvalue weighted by atomic mass is 16.1. The summed E-state index contributed by atoms with van der Waals surface area (Å²) in [6.07, 6.45) is 5.08. The van der Waals surface area contributed by atoms with Crippen molar-refractivity contribution in [3.8, 4) is 5.69 Å². The molecule has 0 bridgehead atoms. The lowest BCUT2D eigenvalue weighted by Gasteiger charge is -2.24. The van der Waals surface area contributed by atoms with E-state index in [1.54, 1.807) is 17.1 Å². The summed E-state index contributed by atoms with van der Waals surface area (Å²) in [5, 5.41) is 11.7. The van der Waals surface area contributed by atoms with Gasteiger partial charge in [-0.05, 0) is 35.4 Å². The minimum absolute atomic E-state index is 0.0653. The van der Waals surface area contributed by atoms with E-state index in [1.165, 1.54) is 11.0 Å². The van der Waals surface area contributed by atoms with E-state index in [0.29, 0.717) is 18.3 Å². The fraction of sp³-hybridized carbons (Fsp3) is 0.312. The van der Waals surface area contributed by atoms with Crippen LogP contribution in [0.5, 0.6) is 0 Å². The van der Waals surface area contributed by atoms with E-state index in [9.17, 15) is 4.79 Å². The monoisotopic (exact) mass is 308 g/mol. The number of aromatic nitrogens is 6. The molecule has 0 spiro atoms. The molecule has 0 N–H and O–H groups in total. The lowest BCUT2D eigenvalue weighted by atomic mass is 9.83. The molecule has 1 saturated carbocycles. The molecule has 0 radical (unpaired) electrons. The van der Waals surface area contributed by atoms with Crippen LogP contribution in [0.2, 0.25) is 0 Å². The van der Waals surface area contributed by atoms with Gasteiger partial charge in [-0.2, -0.15) is 4.68 Å². The molecule has 4 rings (SSSR count). The second-order valence-electron chi connectivity index (χ2n) is 5.75. The summed E-state index contributed by atoms with van der Waals surface area (Å²) in [5.74, 6) is 1.04. The van der Waals surface area contributed by atoms with Crippen molar-refractivity contribution in [3.05, 3.63) is 64.6 Å². The number of nitrogens with zero attached hydrogens (tertiary/aromatic N) is 6. The number of rotatable bonds is 4. The van der Waals surface area contributed by atoms with Crippen molar-refractivity contribution in [2.45, 2.75) is 31.7 Å². The average molecular weight is 308 g/mol. The van der Waals surface area contributed by atoms with Gasteiger partial charge >= 0.3 is 0 Å². The molecule has 0 unspecified atom stereocenters. The van der Waals surface area contributed by atoms with Crippen LogP contribution in [0.1, 0.15) is 36.7 Å². The molecule has 23 heavy (non-hydrogen) atoms. The summed E-state index contributed by atoms with van der Waals surface area (Å²) in [4.78, 5) is 16.7. The number of para-hydroxylation sites is 1. The van der Waals surface area contributed by atoms with Crippen LogP contribution in [0.3, 0.4) is 0 Å². The van der Waals surface area contributed by atoms with Gasteiger partial charge in [0.15, 0.2) is 5.82 Å². The Morgan fingerprint density at radius 1 is 1.17 bits per heavy atom. The van der Waals surface area contributed by atoms with Gasteiger partial charge in [-0.3, -0.25) is 9.36 Å². The zero-order valence-electron chi connectivity index (χ0n) is 12.5. The predicted octanol–water partition coefficient (Wildman–Crippen LogP) is 1.53. The van der Waals surface area contributed by atoms with Crippen molar-refractivity contribution < 1.29 is 0 Å². The zero-order chi connectivity index (χ0) is 15.6. The van der Waals surface area contributed by atoms with Crippen molar-refractivity contribution in [2.75, 3.05) is 0 Å². The number of hydrogen-bond donors (Lipinski definition) is 0. The Balaban J connectivity index is 1.62. The standard InChI is InChI=1S/C16H16N6O/c23-16-9-14(12-5-4-6-12)17-11-21(16)10-15-18-19-20-22(15)13-7-2-1-3-8-13/h1-3,7-9,11-12H,4-6,10H2. The molecule has 3 aromatic rings. The van der Waals surface area contributed by atoms with E-state index in [-0.39, 0.29) is 5.56 Å². The van der Waals surface area contributed by atoms with E-state index >= 15 is 0 Å². The number of hydrogen-bond acceptors (Lipinski definition) is 5. The van der Waals surface area contributed by atoms with E-state index in [0.717, 1.165) is 24.2 Å². The maximum Gasteiger partial charge on any atom is 0.253 e.